The van der Waals surface area contributed by atoms with Crippen molar-refractivity contribution in [2.45, 2.75) is 12.5 Å². The quantitative estimate of drug-likeness (QED) is 0.486. The van der Waals surface area contributed by atoms with Crippen molar-refractivity contribution in [1.82, 2.24) is 19.9 Å². The third kappa shape index (κ3) is 3.00. The van der Waals surface area contributed by atoms with Crippen molar-refractivity contribution in [2.24, 2.45) is 0 Å². The first-order chi connectivity index (χ1) is 14.4. The van der Waals surface area contributed by atoms with E-state index in [9.17, 15) is 9.18 Å². The molecule has 1 saturated heterocycles. The summed E-state index contributed by atoms with van der Waals surface area (Å²) in [7, 11) is 4.21. The molecule has 8 heteroatoms. The molecule has 0 aliphatic carbocycles. The highest BCUT2D eigenvalue weighted by molar-refractivity contribution is 5.98. The van der Waals surface area contributed by atoms with E-state index in [0.29, 0.717) is 22.8 Å². The van der Waals surface area contributed by atoms with Crippen LogP contribution in [0.3, 0.4) is 0 Å². The number of hydrogen-bond acceptors (Lipinski definition) is 5. The second-order valence-electron chi connectivity index (χ2n) is 8.07. The number of halogens is 1. The van der Waals surface area contributed by atoms with Crippen LogP contribution in [0.25, 0.3) is 33.3 Å². The molecule has 2 aromatic heterocycles. The molecule has 0 amide bonds. The molecule has 0 spiro atoms. The molecule has 7 nitrogen and oxygen atoms in total. The number of imidazole rings is 1. The number of nitrogen functional groups attached to an aromatic ring is 1. The summed E-state index contributed by atoms with van der Waals surface area (Å²) in [6, 6.07) is 10.7. The zero-order valence-electron chi connectivity index (χ0n) is 16.9. The average Bonchev–Trinajstić information content (AvgIpc) is 3.35. The van der Waals surface area contributed by atoms with Crippen molar-refractivity contribution < 1.29 is 4.39 Å². The Hall–Kier alpha value is -3.39. The standard InChI is InChI=1S/C22H23FN6O/c1-28(2)14-7-8-29(11-14)13-4-6-17-18(10-13)26-21(25-17)19-20(24)15-9-12(23)3-5-16(15)27-22(19)30/h3-6,9-10,14H,7-8,11H2,1-2H3,(H,25,26)(H3,24,27,30). The van der Waals surface area contributed by atoms with E-state index in [2.05, 4.69) is 44.9 Å². The Labute approximate surface area is 172 Å². The van der Waals surface area contributed by atoms with Gasteiger partial charge in [0, 0.05) is 30.2 Å². The van der Waals surface area contributed by atoms with Crippen molar-refractivity contribution in [3.8, 4) is 11.4 Å². The molecule has 0 radical (unpaired) electrons. The Morgan fingerprint density at radius 3 is 2.77 bits per heavy atom. The van der Waals surface area contributed by atoms with E-state index >= 15 is 0 Å². The predicted octanol–water partition coefficient (Wildman–Crippen LogP) is 2.93. The van der Waals surface area contributed by atoms with Gasteiger partial charge in [-0.1, -0.05) is 0 Å². The van der Waals surface area contributed by atoms with E-state index < -0.39 is 5.82 Å². The molecule has 30 heavy (non-hydrogen) atoms. The number of nitrogens with two attached hydrogens (primary N) is 1. The number of H-pyrrole nitrogens is 2. The highest BCUT2D eigenvalue weighted by Gasteiger charge is 2.24. The number of likely N-dealkylation sites (N-methyl/N-ethyl adjacent to an activating group) is 1. The highest BCUT2D eigenvalue weighted by Crippen LogP contribution is 2.30. The van der Waals surface area contributed by atoms with Crippen LogP contribution in [0.4, 0.5) is 15.8 Å². The van der Waals surface area contributed by atoms with Gasteiger partial charge in [0.2, 0.25) is 0 Å². The first kappa shape index (κ1) is 18.6. The Morgan fingerprint density at radius 2 is 2.00 bits per heavy atom. The van der Waals surface area contributed by atoms with Crippen molar-refractivity contribution in [3.05, 3.63) is 52.6 Å². The molecule has 1 fully saturated rings. The maximum Gasteiger partial charge on any atom is 0.261 e. The van der Waals surface area contributed by atoms with Crippen LogP contribution in [0.1, 0.15) is 6.42 Å². The fourth-order valence-electron chi connectivity index (χ4n) is 4.24. The van der Waals surface area contributed by atoms with E-state index in [1.807, 2.05) is 12.1 Å². The van der Waals surface area contributed by atoms with Crippen LogP contribution in [0, 0.1) is 5.82 Å². The molecule has 1 atom stereocenters. The molecular weight excluding hydrogens is 383 g/mol. The van der Waals surface area contributed by atoms with Crippen molar-refractivity contribution in [1.29, 1.82) is 0 Å². The zero-order chi connectivity index (χ0) is 21.0. The van der Waals surface area contributed by atoms with E-state index in [1.165, 1.54) is 18.2 Å². The number of pyridine rings is 1. The summed E-state index contributed by atoms with van der Waals surface area (Å²) < 4.78 is 13.7. The molecule has 0 bridgehead atoms. The van der Waals surface area contributed by atoms with Crippen molar-refractivity contribution >= 4 is 33.3 Å². The van der Waals surface area contributed by atoms with E-state index in [1.54, 1.807) is 0 Å². The zero-order valence-corrected chi connectivity index (χ0v) is 16.9. The smallest absolute Gasteiger partial charge is 0.261 e. The first-order valence-corrected chi connectivity index (χ1v) is 9.93. The van der Waals surface area contributed by atoms with Gasteiger partial charge in [-0.2, -0.15) is 0 Å². The Morgan fingerprint density at radius 1 is 1.17 bits per heavy atom. The summed E-state index contributed by atoms with van der Waals surface area (Å²) in [4.78, 5) is 27.9. The van der Waals surface area contributed by atoms with Crippen molar-refractivity contribution in [2.75, 3.05) is 37.8 Å². The van der Waals surface area contributed by atoms with Crippen molar-refractivity contribution in [3.63, 3.8) is 0 Å². The fourth-order valence-corrected chi connectivity index (χ4v) is 4.24. The summed E-state index contributed by atoms with van der Waals surface area (Å²) in [5.74, 6) is -0.0391. The van der Waals surface area contributed by atoms with Crippen LogP contribution in [0.15, 0.2) is 41.2 Å². The molecule has 2 aromatic carbocycles. The topological polar surface area (TPSA) is 94.0 Å². The Bertz CT molecular complexity index is 1320. The van der Waals surface area contributed by atoms with Gasteiger partial charge in [0.1, 0.15) is 17.2 Å². The minimum atomic E-state index is -0.414. The average molecular weight is 406 g/mol. The molecule has 4 N–H and O–H groups in total. The van der Waals surface area contributed by atoms with E-state index in [4.69, 9.17) is 5.73 Å². The number of rotatable bonds is 3. The fraction of sp³-hybridized carbons (Fsp3) is 0.273. The number of anilines is 2. The molecule has 5 rings (SSSR count). The van der Waals surface area contributed by atoms with Gasteiger partial charge in [-0.3, -0.25) is 4.79 Å². The molecular formula is C22H23FN6O. The molecule has 3 heterocycles. The van der Waals surface area contributed by atoms with Gasteiger partial charge >= 0.3 is 0 Å². The third-order valence-corrected chi connectivity index (χ3v) is 5.98. The number of aromatic amines is 2. The maximum absolute atomic E-state index is 13.7. The van der Waals surface area contributed by atoms with Gasteiger partial charge < -0.3 is 25.5 Å². The number of nitrogens with zero attached hydrogens (tertiary/aromatic N) is 3. The summed E-state index contributed by atoms with van der Waals surface area (Å²) in [6.45, 7) is 1.97. The number of fused-ring (bicyclic) bond motifs is 2. The molecule has 0 saturated carbocycles. The van der Waals surface area contributed by atoms with Crippen LogP contribution in [-0.2, 0) is 0 Å². The summed E-state index contributed by atoms with van der Waals surface area (Å²) >= 11 is 0. The van der Waals surface area contributed by atoms with Gasteiger partial charge in [0.15, 0.2) is 0 Å². The monoisotopic (exact) mass is 406 g/mol. The lowest BCUT2D eigenvalue weighted by Crippen LogP contribution is -2.31. The molecule has 1 aliphatic heterocycles. The predicted molar refractivity (Wildman–Crippen MR) is 118 cm³/mol. The lowest BCUT2D eigenvalue weighted by atomic mass is 10.1. The van der Waals surface area contributed by atoms with Gasteiger partial charge in [-0.25, -0.2) is 9.37 Å². The third-order valence-electron chi connectivity index (χ3n) is 5.98. The van der Waals surface area contributed by atoms with Crippen LogP contribution >= 0.6 is 0 Å². The maximum atomic E-state index is 13.7. The Balaban J connectivity index is 1.57. The SMILES string of the molecule is CN(C)C1CCN(c2ccc3nc(-c4c(N)c5cc(F)ccc5[nH]c4=O)[nH]c3c2)C1. The van der Waals surface area contributed by atoms with Crippen LogP contribution in [-0.4, -0.2) is 53.1 Å². The van der Waals surface area contributed by atoms with Gasteiger partial charge in [-0.05, 0) is 56.9 Å². The number of nitrogens with one attached hydrogen (secondary N) is 2. The second kappa shape index (κ2) is 6.84. The summed E-state index contributed by atoms with van der Waals surface area (Å²) in [5.41, 5.74) is 9.51. The second-order valence-corrected chi connectivity index (χ2v) is 8.07. The van der Waals surface area contributed by atoms with E-state index in [-0.39, 0.29) is 16.8 Å². The van der Waals surface area contributed by atoms with Crippen LogP contribution < -0.4 is 16.2 Å². The van der Waals surface area contributed by atoms with E-state index in [0.717, 1.165) is 36.2 Å². The lowest BCUT2D eigenvalue weighted by Gasteiger charge is -2.21. The van der Waals surface area contributed by atoms with Gasteiger partial charge in [0.05, 0.1) is 22.2 Å². The normalized spacial score (nSPS) is 16.9. The minimum absolute atomic E-state index is 0.209. The molecule has 1 unspecified atom stereocenters. The highest BCUT2D eigenvalue weighted by atomic mass is 19.1. The molecule has 1 aliphatic rings. The minimum Gasteiger partial charge on any atom is -0.397 e. The van der Waals surface area contributed by atoms with Gasteiger partial charge in [0.25, 0.3) is 5.56 Å². The molecule has 154 valence electrons. The number of hydrogen-bond donors (Lipinski definition) is 3. The van der Waals surface area contributed by atoms with Gasteiger partial charge in [-0.15, -0.1) is 0 Å². The number of aromatic nitrogens is 3. The van der Waals surface area contributed by atoms with Crippen LogP contribution in [0.2, 0.25) is 0 Å². The summed E-state index contributed by atoms with van der Waals surface area (Å²) in [5, 5.41) is 0.456. The Kier molecular flexibility index (Phi) is 4.25. The number of benzene rings is 2. The summed E-state index contributed by atoms with van der Waals surface area (Å²) in [6.07, 6.45) is 1.12. The van der Waals surface area contributed by atoms with Crippen LogP contribution in [0.5, 0.6) is 0 Å². The molecule has 4 aromatic rings. The largest absolute Gasteiger partial charge is 0.397 e. The first-order valence-electron chi connectivity index (χ1n) is 9.93. The lowest BCUT2D eigenvalue weighted by molar-refractivity contribution is 0.315.